The molecule has 146 valence electrons. The van der Waals surface area contributed by atoms with Gasteiger partial charge in [-0.25, -0.2) is 4.99 Å². The van der Waals surface area contributed by atoms with Gasteiger partial charge >= 0.3 is 0 Å². The number of amidine groups is 1. The van der Waals surface area contributed by atoms with E-state index < -0.39 is 0 Å². The summed E-state index contributed by atoms with van der Waals surface area (Å²) in [6, 6.07) is 7.76. The van der Waals surface area contributed by atoms with Crippen LogP contribution in [-0.2, 0) is 4.79 Å². The Labute approximate surface area is 164 Å². The number of hydrogen-bond donors (Lipinski definition) is 2. The number of nitrogens with zero attached hydrogens (tertiary/aromatic N) is 3. The van der Waals surface area contributed by atoms with E-state index in [0.717, 1.165) is 47.0 Å². The molecule has 1 aliphatic carbocycles. The van der Waals surface area contributed by atoms with E-state index in [1.165, 1.54) is 12.8 Å². The van der Waals surface area contributed by atoms with Crippen molar-refractivity contribution in [3.8, 4) is 11.1 Å². The maximum absolute atomic E-state index is 11.9. The lowest BCUT2D eigenvalue weighted by Gasteiger charge is -2.30. The molecule has 7 heteroatoms. The van der Waals surface area contributed by atoms with Crippen molar-refractivity contribution < 1.29 is 9.32 Å². The molecule has 0 bridgehead atoms. The summed E-state index contributed by atoms with van der Waals surface area (Å²) in [6.07, 6.45) is 6.61. The van der Waals surface area contributed by atoms with Crippen LogP contribution >= 0.6 is 0 Å². The minimum atomic E-state index is 0.0565. The van der Waals surface area contributed by atoms with Crippen molar-refractivity contribution in [3.05, 3.63) is 48.0 Å². The molecule has 28 heavy (non-hydrogen) atoms. The molecule has 7 nitrogen and oxygen atoms in total. The first-order valence-corrected chi connectivity index (χ1v) is 9.66. The second-order valence-electron chi connectivity index (χ2n) is 7.43. The van der Waals surface area contributed by atoms with E-state index in [0.29, 0.717) is 18.9 Å². The molecule has 0 radical (unpaired) electrons. The molecule has 0 atom stereocenters. The summed E-state index contributed by atoms with van der Waals surface area (Å²) in [7, 11) is 0. The number of aromatic nitrogens is 1. The molecule has 1 saturated carbocycles. The molecule has 2 aliphatic rings. The van der Waals surface area contributed by atoms with Crippen LogP contribution in [0.5, 0.6) is 0 Å². The summed E-state index contributed by atoms with van der Waals surface area (Å²) in [5.41, 5.74) is 11.0. The van der Waals surface area contributed by atoms with E-state index >= 15 is 0 Å². The zero-order valence-corrected chi connectivity index (χ0v) is 16.0. The predicted octanol–water partition coefficient (Wildman–Crippen LogP) is 2.84. The summed E-state index contributed by atoms with van der Waals surface area (Å²) < 4.78 is 4.92. The highest BCUT2D eigenvalue weighted by molar-refractivity contribution is 6.00. The van der Waals surface area contributed by atoms with Crippen molar-refractivity contribution in [2.45, 2.75) is 26.2 Å². The van der Waals surface area contributed by atoms with Gasteiger partial charge in [0.1, 0.15) is 12.1 Å². The summed E-state index contributed by atoms with van der Waals surface area (Å²) in [5, 5.41) is 7.30. The van der Waals surface area contributed by atoms with Gasteiger partial charge in [-0.2, -0.15) is 0 Å². The molecule has 1 aliphatic heterocycles. The van der Waals surface area contributed by atoms with Crippen LogP contribution < -0.4 is 11.1 Å². The first-order valence-electron chi connectivity index (χ1n) is 9.66. The summed E-state index contributed by atoms with van der Waals surface area (Å²) in [5.74, 6) is 1.27. The maximum Gasteiger partial charge on any atom is 0.219 e. The molecule has 0 unspecified atom stereocenters. The van der Waals surface area contributed by atoms with Crippen LogP contribution in [-0.4, -0.2) is 41.4 Å². The Morgan fingerprint density at radius 3 is 2.96 bits per heavy atom. The molecule has 4 rings (SSSR count). The lowest BCUT2D eigenvalue weighted by atomic mass is 10.0. The summed E-state index contributed by atoms with van der Waals surface area (Å²) in [4.78, 5) is 18.3. The Morgan fingerprint density at radius 2 is 2.25 bits per heavy atom. The first-order chi connectivity index (χ1) is 13.6. The van der Waals surface area contributed by atoms with Gasteiger partial charge in [0.05, 0.1) is 18.4 Å². The van der Waals surface area contributed by atoms with Crippen LogP contribution in [0.1, 0.15) is 26.2 Å². The minimum absolute atomic E-state index is 0.0565. The zero-order chi connectivity index (χ0) is 19.5. The maximum atomic E-state index is 11.9. The van der Waals surface area contributed by atoms with Crippen molar-refractivity contribution in [1.29, 1.82) is 0 Å². The number of nitrogens with one attached hydrogen (secondary N) is 1. The lowest BCUT2D eigenvalue weighted by molar-refractivity contribution is -0.128. The average molecular weight is 379 g/mol. The number of nitrogens with two attached hydrogens (primary N) is 1. The van der Waals surface area contributed by atoms with Crippen molar-refractivity contribution in [2.75, 3.05) is 19.6 Å². The number of benzene rings is 1. The number of carbonyl (C=O) groups excluding carboxylic acids is 1. The third-order valence-corrected chi connectivity index (χ3v) is 5.26. The van der Waals surface area contributed by atoms with Gasteiger partial charge in [0.15, 0.2) is 0 Å². The zero-order valence-electron chi connectivity index (χ0n) is 16.0. The molecular formula is C21H25N5O2. The van der Waals surface area contributed by atoms with Crippen molar-refractivity contribution in [1.82, 2.24) is 15.4 Å². The predicted molar refractivity (Wildman–Crippen MR) is 108 cm³/mol. The molecule has 1 fully saturated rings. The average Bonchev–Trinajstić information content (AvgIpc) is 3.36. The Kier molecular flexibility index (Phi) is 5.14. The van der Waals surface area contributed by atoms with Crippen LogP contribution in [0.15, 0.2) is 57.5 Å². The van der Waals surface area contributed by atoms with E-state index in [9.17, 15) is 4.79 Å². The molecule has 1 aromatic carbocycles. The Hall–Kier alpha value is -3.09. The van der Waals surface area contributed by atoms with E-state index in [1.807, 2.05) is 29.2 Å². The van der Waals surface area contributed by atoms with Crippen LogP contribution in [0, 0.1) is 5.92 Å². The third-order valence-electron chi connectivity index (χ3n) is 5.26. The topological polar surface area (TPSA) is 96.8 Å². The number of amides is 1. The van der Waals surface area contributed by atoms with Gasteiger partial charge < -0.3 is 20.5 Å². The summed E-state index contributed by atoms with van der Waals surface area (Å²) >= 11 is 0. The third kappa shape index (κ3) is 4.24. The highest BCUT2D eigenvalue weighted by Gasteiger charge is 2.26. The minimum Gasteiger partial charge on any atom is -0.388 e. The van der Waals surface area contributed by atoms with E-state index in [2.05, 4.69) is 15.5 Å². The Morgan fingerprint density at radius 1 is 1.39 bits per heavy atom. The fourth-order valence-electron chi connectivity index (χ4n) is 3.36. The smallest absolute Gasteiger partial charge is 0.219 e. The SMILES string of the molecule is CC(=O)N1CCC(NCC2CC2)=C(C(N)=Nc2cccc(-c3cnoc3)c2)C1. The quantitative estimate of drug-likeness (QED) is 0.594. The second kappa shape index (κ2) is 7.88. The molecule has 0 spiro atoms. The van der Waals surface area contributed by atoms with Gasteiger partial charge in [-0.1, -0.05) is 17.3 Å². The van der Waals surface area contributed by atoms with Crippen LogP contribution in [0.3, 0.4) is 0 Å². The highest BCUT2D eigenvalue weighted by Crippen LogP contribution is 2.29. The van der Waals surface area contributed by atoms with E-state index in [1.54, 1.807) is 19.4 Å². The number of carbonyl (C=O) groups is 1. The first kappa shape index (κ1) is 18.3. The van der Waals surface area contributed by atoms with Gasteiger partial charge in [-0.05, 0) is 36.5 Å². The Bertz CT molecular complexity index is 913. The standard InChI is InChI=1S/C21H25N5O2/c1-14(27)26-8-7-20(23-10-15-5-6-15)19(12-26)21(22)25-18-4-2-3-16(9-18)17-11-24-28-13-17/h2-4,9,11,13,15,23H,5-8,10,12H2,1H3,(H2,22,25). The summed E-state index contributed by atoms with van der Waals surface area (Å²) in [6.45, 7) is 3.76. The molecule has 2 aromatic rings. The van der Waals surface area contributed by atoms with Gasteiger partial charge in [0.25, 0.3) is 0 Å². The fraction of sp³-hybridized carbons (Fsp3) is 0.381. The van der Waals surface area contributed by atoms with Crippen molar-refractivity contribution in [3.63, 3.8) is 0 Å². The molecule has 1 amide bonds. The highest BCUT2D eigenvalue weighted by atomic mass is 16.5. The van der Waals surface area contributed by atoms with E-state index in [4.69, 9.17) is 10.3 Å². The van der Waals surface area contributed by atoms with Crippen molar-refractivity contribution >= 4 is 17.4 Å². The number of rotatable bonds is 6. The second-order valence-corrected chi connectivity index (χ2v) is 7.43. The van der Waals surface area contributed by atoms with Gasteiger partial charge in [0, 0.05) is 43.3 Å². The molecule has 1 aromatic heterocycles. The van der Waals surface area contributed by atoms with Crippen LogP contribution in [0.2, 0.25) is 0 Å². The molecule has 0 saturated heterocycles. The Balaban J connectivity index is 1.61. The lowest BCUT2D eigenvalue weighted by Crippen LogP contribution is -2.41. The fourth-order valence-corrected chi connectivity index (χ4v) is 3.36. The number of hydrogen-bond acceptors (Lipinski definition) is 5. The van der Waals surface area contributed by atoms with Gasteiger partial charge in [-0.15, -0.1) is 0 Å². The van der Waals surface area contributed by atoms with Gasteiger partial charge in [0.2, 0.25) is 5.91 Å². The molecule has 3 N–H and O–H groups in total. The van der Waals surface area contributed by atoms with Crippen molar-refractivity contribution in [2.24, 2.45) is 16.6 Å². The molecule has 2 heterocycles. The molecular weight excluding hydrogens is 354 g/mol. The number of aliphatic imine (C=N–C) groups is 1. The van der Waals surface area contributed by atoms with E-state index in [-0.39, 0.29) is 5.91 Å². The van der Waals surface area contributed by atoms with Gasteiger partial charge in [-0.3, -0.25) is 4.79 Å². The largest absolute Gasteiger partial charge is 0.388 e. The van der Waals surface area contributed by atoms with Crippen LogP contribution in [0.4, 0.5) is 5.69 Å². The van der Waals surface area contributed by atoms with Crippen LogP contribution in [0.25, 0.3) is 11.1 Å². The monoisotopic (exact) mass is 379 g/mol. The normalized spacial score (nSPS) is 17.8.